The number of benzene rings is 1. The molecular formula is C24H27F2NO3. The highest BCUT2D eigenvalue weighted by atomic mass is 19.1. The lowest BCUT2D eigenvalue weighted by Gasteiger charge is -2.31. The Labute approximate surface area is 174 Å². The first-order valence-electron chi connectivity index (χ1n) is 10.8. The lowest BCUT2D eigenvalue weighted by molar-refractivity contribution is -0.133. The Morgan fingerprint density at radius 2 is 1.77 bits per heavy atom. The van der Waals surface area contributed by atoms with Gasteiger partial charge in [0.2, 0.25) is 0 Å². The lowest BCUT2D eigenvalue weighted by atomic mass is 9.76. The summed E-state index contributed by atoms with van der Waals surface area (Å²) < 4.78 is 29.8. The average Bonchev–Trinajstić information content (AvgIpc) is 3.24. The van der Waals surface area contributed by atoms with E-state index in [1.165, 1.54) is 6.08 Å². The largest absolute Gasteiger partial charge is 0.478 e. The number of aliphatic hydroxyl groups excluding tert-OH is 1. The zero-order valence-corrected chi connectivity index (χ0v) is 16.8. The Kier molecular flexibility index (Phi) is 4.63. The van der Waals surface area contributed by atoms with Crippen LogP contribution in [-0.4, -0.2) is 28.4 Å². The first-order valence-corrected chi connectivity index (χ1v) is 10.8. The maximum absolute atomic E-state index is 15.9. The third kappa shape index (κ3) is 2.95. The molecule has 6 heteroatoms. The van der Waals surface area contributed by atoms with Crippen LogP contribution in [0.5, 0.6) is 0 Å². The van der Waals surface area contributed by atoms with Gasteiger partial charge in [-0.05, 0) is 54.1 Å². The fourth-order valence-electron chi connectivity index (χ4n) is 6.12. The summed E-state index contributed by atoms with van der Waals surface area (Å²) in [4.78, 5) is 11.6. The maximum Gasteiger partial charge on any atom is 0.334 e. The van der Waals surface area contributed by atoms with E-state index in [1.807, 2.05) is 0 Å². The number of hydrogen-bond donors (Lipinski definition) is 3. The van der Waals surface area contributed by atoms with Gasteiger partial charge in [-0.2, -0.15) is 0 Å². The number of carboxylic acid groups (broad SMARTS) is 1. The minimum Gasteiger partial charge on any atom is -0.478 e. The standard InChI is InChI=1S/C24H27F2NO3/c1-10-2-5-20(27)16-7-11(6-14(10)16)12-3-4-13-21(22(12)26)17(15-9-19(15)25)8-18(23(13)28)24(29)30/h2-5,8,10-11,14-17,19-20,23,28H,6-7,9,27H2,1H3,(H,29,30)/t10?,11?,14?,15-,16?,17?,19-,20?,23?/m0/s1. The zero-order chi connectivity index (χ0) is 21.3. The number of allylic oxidation sites excluding steroid dienone is 2. The summed E-state index contributed by atoms with van der Waals surface area (Å²) in [7, 11) is 0. The van der Waals surface area contributed by atoms with Crippen molar-refractivity contribution in [2.45, 2.75) is 56.3 Å². The number of nitrogens with two attached hydrogens (primary N) is 1. The summed E-state index contributed by atoms with van der Waals surface area (Å²) in [5, 5.41) is 20.0. The van der Waals surface area contributed by atoms with Gasteiger partial charge in [0.25, 0.3) is 0 Å². The Morgan fingerprint density at radius 3 is 2.40 bits per heavy atom. The van der Waals surface area contributed by atoms with E-state index in [0.29, 0.717) is 29.7 Å². The summed E-state index contributed by atoms with van der Waals surface area (Å²) in [6.07, 6.45) is 5.03. The van der Waals surface area contributed by atoms with Crippen molar-refractivity contribution in [1.29, 1.82) is 0 Å². The summed E-state index contributed by atoms with van der Waals surface area (Å²) in [5.74, 6) is -1.62. The van der Waals surface area contributed by atoms with Crippen LogP contribution in [0, 0.1) is 29.5 Å². The molecule has 4 nitrogen and oxygen atoms in total. The van der Waals surface area contributed by atoms with Crippen LogP contribution in [0.3, 0.4) is 0 Å². The molecule has 0 aromatic heterocycles. The number of halogens is 2. The summed E-state index contributed by atoms with van der Waals surface area (Å²) in [5.41, 5.74) is 7.22. The smallest absolute Gasteiger partial charge is 0.334 e. The first-order chi connectivity index (χ1) is 14.3. The van der Waals surface area contributed by atoms with Crippen LogP contribution in [0.1, 0.15) is 60.8 Å². The molecule has 0 bridgehead atoms. The van der Waals surface area contributed by atoms with Gasteiger partial charge in [0.15, 0.2) is 0 Å². The second kappa shape index (κ2) is 6.99. The number of aliphatic hydroxyl groups is 1. The van der Waals surface area contributed by atoms with E-state index in [9.17, 15) is 19.4 Å². The van der Waals surface area contributed by atoms with Crippen molar-refractivity contribution in [3.8, 4) is 0 Å². The molecule has 0 aliphatic heterocycles. The molecule has 1 aromatic rings. The summed E-state index contributed by atoms with van der Waals surface area (Å²) >= 11 is 0. The molecule has 1 aromatic carbocycles. The second-order valence-corrected chi connectivity index (χ2v) is 9.56. The molecule has 160 valence electrons. The van der Waals surface area contributed by atoms with Crippen LogP contribution in [-0.2, 0) is 4.79 Å². The molecule has 0 amide bonds. The van der Waals surface area contributed by atoms with Crippen molar-refractivity contribution < 1.29 is 23.8 Å². The van der Waals surface area contributed by atoms with Crippen LogP contribution in [0.15, 0.2) is 35.9 Å². The van der Waals surface area contributed by atoms with E-state index in [-0.39, 0.29) is 28.7 Å². The third-order valence-corrected chi connectivity index (χ3v) is 7.90. The Bertz CT molecular complexity index is 938. The molecule has 0 radical (unpaired) electrons. The first kappa shape index (κ1) is 19.9. The van der Waals surface area contributed by atoms with E-state index in [0.717, 1.165) is 12.8 Å². The normalized spacial score (nSPS) is 41.8. The minimum atomic E-state index is -1.40. The molecule has 5 rings (SSSR count). The van der Waals surface area contributed by atoms with E-state index < -0.39 is 35.9 Å². The van der Waals surface area contributed by atoms with Gasteiger partial charge in [-0.15, -0.1) is 0 Å². The molecule has 0 heterocycles. The van der Waals surface area contributed by atoms with Crippen molar-refractivity contribution >= 4 is 5.97 Å². The Hall–Kier alpha value is -2.05. The molecule has 7 unspecified atom stereocenters. The van der Waals surface area contributed by atoms with E-state index in [1.54, 1.807) is 12.1 Å². The second-order valence-electron chi connectivity index (χ2n) is 9.56. The van der Waals surface area contributed by atoms with Gasteiger partial charge in [0.1, 0.15) is 18.1 Å². The third-order valence-electron chi connectivity index (χ3n) is 7.90. The molecule has 2 fully saturated rings. The molecule has 0 spiro atoms. The number of rotatable bonds is 3. The van der Waals surface area contributed by atoms with Crippen molar-refractivity contribution in [3.05, 3.63) is 58.4 Å². The molecule has 9 atom stereocenters. The highest BCUT2D eigenvalue weighted by Gasteiger charge is 2.49. The molecule has 4 aliphatic carbocycles. The predicted octanol–water partition coefficient (Wildman–Crippen LogP) is 3.97. The quantitative estimate of drug-likeness (QED) is 0.653. The van der Waals surface area contributed by atoms with Crippen molar-refractivity contribution in [1.82, 2.24) is 0 Å². The van der Waals surface area contributed by atoms with Crippen LogP contribution in [0.2, 0.25) is 0 Å². The maximum atomic E-state index is 15.9. The lowest BCUT2D eigenvalue weighted by Crippen LogP contribution is -2.35. The fraction of sp³-hybridized carbons (Fsp3) is 0.542. The number of carbonyl (C=O) groups is 1. The van der Waals surface area contributed by atoms with Gasteiger partial charge >= 0.3 is 5.97 Å². The van der Waals surface area contributed by atoms with Crippen LogP contribution >= 0.6 is 0 Å². The molecule has 4 N–H and O–H groups in total. The zero-order valence-electron chi connectivity index (χ0n) is 16.8. The van der Waals surface area contributed by atoms with Crippen LogP contribution < -0.4 is 5.73 Å². The van der Waals surface area contributed by atoms with Crippen molar-refractivity contribution in [2.75, 3.05) is 0 Å². The van der Waals surface area contributed by atoms with Gasteiger partial charge < -0.3 is 15.9 Å². The van der Waals surface area contributed by atoms with Crippen molar-refractivity contribution in [3.63, 3.8) is 0 Å². The average molecular weight is 415 g/mol. The Balaban J connectivity index is 1.54. The van der Waals surface area contributed by atoms with Gasteiger partial charge in [-0.3, -0.25) is 0 Å². The highest BCUT2D eigenvalue weighted by molar-refractivity contribution is 5.89. The number of fused-ring (bicyclic) bond motifs is 2. The van der Waals surface area contributed by atoms with E-state index in [2.05, 4.69) is 19.1 Å². The molecule has 30 heavy (non-hydrogen) atoms. The molecule has 4 aliphatic rings. The minimum absolute atomic E-state index is 0.0155. The van der Waals surface area contributed by atoms with Gasteiger partial charge in [0.05, 0.1) is 5.57 Å². The molecule has 0 saturated heterocycles. The van der Waals surface area contributed by atoms with E-state index >= 15 is 4.39 Å². The summed E-state index contributed by atoms with van der Waals surface area (Å²) in [6.45, 7) is 2.17. The number of aliphatic carboxylic acids is 1. The van der Waals surface area contributed by atoms with Crippen LogP contribution in [0.4, 0.5) is 8.78 Å². The van der Waals surface area contributed by atoms with Crippen LogP contribution in [0.25, 0.3) is 0 Å². The molecular weight excluding hydrogens is 388 g/mol. The predicted molar refractivity (Wildman–Crippen MR) is 108 cm³/mol. The SMILES string of the molecule is CC1C=CC(N)C2CC(c3ccc4c(c3F)C([C@@H]3C[C@@H]3F)C=C(C(=O)O)C4O)CC12. The Morgan fingerprint density at radius 1 is 1.10 bits per heavy atom. The molecule has 2 saturated carbocycles. The topological polar surface area (TPSA) is 83.6 Å². The number of hydrogen-bond acceptors (Lipinski definition) is 3. The number of alkyl halides is 1. The highest BCUT2D eigenvalue weighted by Crippen LogP contribution is 2.54. The fourth-order valence-corrected chi connectivity index (χ4v) is 6.12. The van der Waals surface area contributed by atoms with Gasteiger partial charge in [-0.25, -0.2) is 13.6 Å². The summed E-state index contributed by atoms with van der Waals surface area (Å²) in [6, 6.07) is 3.30. The van der Waals surface area contributed by atoms with E-state index in [4.69, 9.17) is 5.73 Å². The van der Waals surface area contributed by atoms with Crippen molar-refractivity contribution in [2.24, 2.45) is 29.4 Å². The number of carboxylic acids is 1. The van der Waals surface area contributed by atoms with Gasteiger partial charge in [0, 0.05) is 23.4 Å². The van der Waals surface area contributed by atoms with Gasteiger partial charge in [-0.1, -0.05) is 37.3 Å². The monoisotopic (exact) mass is 415 g/mol.